The molecule has 0 radical (unpaired) electrons. The number of aryl methyl sites for hydroxylation is 1. The normalized spacial score (nSPS) is 21.7. The zero-order valence-electron chi connectivity index (χ0n) is 11.8. The second-order valence-corrected chi connectivity index (χ2v) is 7.18. The molecule has 1 aliphatic carbocycles. The lowest BCUT2D eigenvalue weighted by Crippen LogP contribution is -2.22. The monoisotopic (exact) mass is 268 g/mol. The molecule has 0 fully saturated rings. The molecular weight excluding hydrogens is 244 g/mol. The fourth-order valence-electron chi connectivity index (χ4n) is 2.44. The molecule has 102 valence electrons. The summed E-state index contributed by atoms with van der Waals surface area (Å²) in [6.45, 7) is 9.37. The van der Waals surface area contributed by atoms with Crippen LogP contribution >= 0.6 is 11.3 Å². The molecule has 1 aromatic rings. The number of ether oxygens (including phenoxy) is 1. The second kappa shape index (κ2) is 5.27. The Kier molecular flexibility index (Phi) is 4.09. The van der Waals surface area contributed by atoms with Crippen LogP contribution in [0.5, 0.6) is 0 Å². The van der Waals surface area contributed by atoms with Crippen molar-refractivity contribution in [1.29, 1.82) is 0 Å². The molecule has 4 heteroatoms. The molecule has 3 nitrogen and oxygen atoms in total. The van der Waals surface area contributed by atoms with E-state index in [1.165, 1.54) is 11.3 Å². The summed E-state index contributed by atoms with van der Waals surface area (Å²) in [7, 11) is 0. The van der Waals surface area contributed by atoms with Gasteiger partial charge in [-0.3, -0.25) is 0 Å². The highest BCUT2D eigenvalue weighted by atomic mass is 32.1. The molecule has 1 aromatic heterocycles. The number of fused-ring (bicyclic) bond motifs is 1. The predicted molar refractivity (Wildman–Crippen MR) is 75.8 cm³/mol. The summed E-state index contributed by atoms with van der Waals surface area (Å²) < 4.78 is 5.91. The van der Waals surface area contributed by atoms with Crippen molar-refractivity contribution >= 4 is 11.3 Å². The SMILES string of the molecule is CCOC(c1nc2c(s1)CCCC2N)C(C)(C)C. The first-order valence-corrected chi connectivity index (χ1v) is 7.61. The van der Waals surface area contributed by atoms with E-state index in [0.717, 1.165) is 30.2 Å². The fraction of sp³-hybridized carbons (Fsp3) is 0.786. The third-order valence-corrected chi connectivity index (χ3v) is 4.53. The summed E-state index contributed by atoms with van der Waals surface area (Å²) in [4.78, 5) is 6.16. The largest absolute Gasteiger partial charge is 0.371 e. The Bertz CT molecular complexity index is 408. The van der Waals surface area contributed by atoms with Gasteiger partial charge in [0.2, 0.25) is 0 Å². The number of nitrogens with zero attached hydrogens (tertiary/aromatic N) is 1. The summed E-state index contributed by atoms with van der Waals surface area (Å²) in [6.07, 6.45) is 3.45. The highest BCUT2D eigenvalue weighted by Crippen LogP contribution is 2.41. The van der Waals surface area contributed by atoms with Crippen LogP contribution in [0, 0.1) is 5.41 Å². The minimum absolute atomic E-state index is 0.0700. The number of hydrogen-bond donors (Lipinski definition) is 1. The van der Waals surface area contributed by atoms with Gasteiger partial charge in [-0.1, -0.05) is 20.8 Å². The summed E-state index contributed by atoms with van der Waals surface area (Å²) >= 11 is 1.80. The molecular formula is C14H24N2OS. The third kappa shape index (κ3) is 2.76. The van der Waals surface area contributed by atoms with Gasteiger partial charge in [0.1, 0.15) is 11.1 Å². The molecule has 0 aliphatic heterocycles. The lowest BCUT2D eigenvalue weighted by molar-refractivity contribution is -0.0134. The number of aromatic nitrogens is 1. The van der Waals surface area contributed by atoms with Crippen molar-refractivity contribution < 1.29 is 4.74 Å². The van der Waals surface area contributed by atoms with Gasteiger partial charge >= 0.3 is 0 Å². The highest BCUT2D eigenvalue weighted by molar-refractivity contribution is 7.11. The molecule has 0 aromatic carbocycles. The van der Waals surface area contributed by atoms with E-state index in [1.54, 1.807) is 11.3 Å². The molecule has 0 amide bonds. The standard InChI is InChI=1S/C14H24N2OS/c1-5-17-12(14(2,3)4)13-16-11-9(15)7-6-8-10(11)18-13/h9,12H,5-8,15H2,1-4H3. The predicted octanol–water partition coefficient (Wildman–Crippen LogP) is 3.60. The van der Waals surface area contributed by atoms with Crippen LogP contribution in [0.4, 0.5) is 0 Å². The smallest absolute Gasteiger partial charge is 0.123 e. The van der Waals surface area contributed by atoms with Crippen molar-refractivity contribution in [2.45, 2.75) is 59.1 Å². The molecule has 18 heavy (non-hydrogen) atoms. The molecule has 2 unspecified atom stereocenters. The van der Waals surface area contributed by atoms with Crippen LogP contribution in [0.3, 0.4) is 0 Å². The van der Waals surface area contributed by atoms with Gasteiger partial charge in [0.25, 0.3) is 0 Å². The van der Waals surface area contributed by atoms with E-state index >= 15 is 0 Å². The van der Waals surface area contributed by atoms with Crippen LogP contribution in [0.1, 0.15) is 68.3 Å². The first-order valence-electron chi connectivity index (χ1n) is 6.80. The maximum Gasteiger partial charge on any atom is 0.123 e. The molecule has 1 heterocycles. The summed E-state index contributed by atoms with van der Waals surface area (Å²) in [6, 6.07) is 0.126. The molecule has 0 spiro atoms. The molecule has 2 atom stereocenters. The number of hydrogen-bond acceptors (Lipinski definition) is 4. The van der Waals surface area contributed by atoms with Crippen LogP contribution in [-0.4, -0.2) is 11.6 Å². The minimum Gasteiger partial charge on any atom is -0.371 e. The van der Waals surface area contributed by atoms with Crippen molar-refractivity contribution in [2.24, 2.45) is 11.1 Å². The molecule has 0 bridgehead atoms. The van der Waals surface area contributed by atoms with Gasteiger partial charge in [0.15, 0.2) is 0 Å². The Morgan fingerprint density at radius 3 is 2.78 bits per heavy atom. The maximum atomic E-state index is 6.15. The Morgan fingerprint density at radius 1 is 1.50 bits per heavy atom. The van der Waals surface area contributed by atoms with Crippen molar-refractivity contribution in [2.75, 3.05) is 6.61 Å². The lowest BCUT2D eigenvalue weighted by Gasteiger charge is -2.28. The average Bonchev–Trinajstić information content (AvgIpc) is 2.69. The Morgan fingerprint density at radius 2 is 2.22 bits per heavy atom. The summed E-state index contributed by atoms with van der Waals surface area (Å²) in [5.41, 5.74) is 7.34. The van der Waals surface area contributed by atoms with Crippen LogP contribution in [0.15, 0.2) is 0 Å². The summed E-state index contributed by atoms with van der Waals surface area (Å²) in [5, 5.41) is 1.10. The first kappa shape index (κ1) is 14.0. The quantitative estimate of drug-likeness (QED) is 0.911. The number of thiazole rings is 1. The average molecular weight is 268 g/mol. The van der Waals surface area contributed by atoms with E-state index in [1.807, 2.05) is 6.92 Å². The van der Waals surface area contributed by atoms with E-state index in [9.17, 15) is 0 Å². The zero-order chi connectivity index (χ0) is 13.3. The maximum absolute atomic E-state index is 6.15. The minimum atomic E-state index is 0.0700. The highest BCUT2D eigenvalue weighted by Gasteiger charge is 2.32. The van der Waals surface area contributed by atoms with Gasteiger partial charge in [-0.15, -0.1) is 11.3 Å². The summed E-state index contributed by atoms with van der Waals surface area (Å²) in [5.74, 6) is 0. The topological polar surface area (TPSA) is 48.1 Å². The Labute approximate surface area is 114 Å². The van der Waals surface area contributed by atoms with E-state index in [2.05, 4.69) is 20.8 Å². The van der Waals surface area contributed by atoms with E-state index in [0.29, 0.717) is 0 Å². The van der Waals surface area contributed by atoms with Crippen molar-refractivity contribution in [1.82, 2.24) is 4.98 Å². The van der Waals surface area contributed by atoms with E-state index < -0.39 is 0 Å². The van der Waals surface area contributed by atoms with Crippen LogP contribution in [-0.2, 0) is 11.2 Å². The van der Waals surface area contributed by atoms with Gasteiger partial charge in [0, 0.05) is 17.5 Å². The van der Waals surface area contributed by atoms with Crippen molar-refractivity contribution in [3.05, 3.63) is 15.6 Å². The number of rotatable bonds is 3. The lowest BCUT2D eigenvalue weighted by atomic mass is 9.89. The third-order valence-electron chi connectivity index (χ3n) is 3.36. The zero-order valence-corrected chi connectivity index (χ0v) is 12.6. The molecule has 0 saturated carbocycles. The van der Waals surface area contributed by atoms with Crippen LogP contribution in [0.2, 0.25) is 0 Å². The molecule has 0 saturated heterocycles. The Balaban J connectivity index is 2.32. The molecule has 2 N–H and O–H groups in total. The van der Waals surface area contributed by atoms with Gasteiger partial charge in [-0.25, -0.2) is 4.98 Å². The molecule has 1 aliphatic rings. The fourth-order valence-corrected chi connectivity index (χ4v) is 3.91. The van der Waals surface area contributed by atoms with Crippen molar-refractivity contribution in [3.63, 3.8) is 0 Å². The first-order chi connectivity index (χ1) is 8.43. The Hall–Kier alpha value is -0.450. The molecule has 2 rings (SSSR count). The van der Waals surface area contributed by atoms with Crippen LogP contribution in [0.25, 0.3) is 0 Å². The van der Waals surface area contributed by atoms with Gasteiger partial charge < -0.3 is 10.5 Å². The van der Waals surface area contributed by atoms with Gasteiger partial charge in [-0.05, 0) is 31.6 Å². The van der Waals surface area contributed by atoms with Gasteiger partial charge in [-0.2, -0.15) is 0 Å². The second-order valence-electron chi connectivity index (χ2n) is 6.06. The number of nitrogens with two attached hydrogens (primary N) is 1. The van der Waals surface area contributed by atoms with Gasteiger partial charge in [0.05, 0.1) is 5.69 Å². The van der Waals surface area contributed by atoms with E-state index in [4.69, 9.17) is 15.5 Å². The van der Waals surface area contributed by atoms with Crippen molar-refractivity contribution in [3.8, 4) is 0 Å². The van der Waals surface area contributed by atoms with E-state index in [-0.39, 0.29) is 17.6 Å². The van der Waals surface area contributed by atoms with Crippen LogP contribution < -0.4 is 5.73 Å².